The lowest BCUT2D eigenvalue weighted by atomic mass is 10.2. The molecule has 1 aromatic carbocycles. The summed E-state index contributed by atoms with van der Waals surface area (Å²) in [5.74, 6) is -0.188. The summed E-state index contributed by atoms with van der Waals surface area (Å²) >= 11 is 0. The van der Waals surface area contributed by atoms with Crippen molar-refractivity contribution >= 4 is 23.3 Å². The van der Waals surface area contributed by atoms with Crippen LogP contribution in [0.25, 0.3) is 0 Å². The van der Waals surface area contributed by atoms with Crippen LogP contribution in [0.4, 0.5) is 16.2 Å². The number of morpholine rings is 1. The van der Waals surface area contributed by atoms with Gasteiger partial charge in [0.2, 0.25) is 5.91 Å². The Morgan fingerprint density at radius 1 is 1.20 bits per heavy atom. The summed E-state index contributed by atoms with van der Waals surface area (Å²) in [5, 5.41) is 8.30. The number of carbonyl (C=O) groups is 2. The van der Waals surface area contributed by atoms with Crippen molar-refractivity contribution in [1.29, 1.82) is 0 Å². The van der Waals surface area contributed by atoms with Crippen LogP contribution in [0.2, 0.25) is 0 Å². The van der Waals surface area contributed by atoms with Gasteiger partial charge in [0.05, 0.1) is 13.2 Å². The minimum atomic E-state index is -0.601. The second-order valence-corrected chi connectivity index (χ2v) is 6.29. The first-order valence-electron chi connectivity index (χ1n) is 8.80. The van der Waals surface area contributed by atoms with E-state index in [1.807, 2.05) is 38.1 Å². The van der Waals surface area contributed by atoms with Crippen molar-refractivity contribution < 1.29 is 14.3 Å². The van der Waals surface area contributed by atoms with E-state index in [4.69, 9.17) is 4.74 Å². The Morgan fingerprint density at radius 3 is 2.60 bits per heavy atom. The van der Waals surface area contributed by atoms with Gasteiger partial charge in [-0.25, -0.2) is 4.79 Å². The van der Waals surface area contributed by atoms with Crippen LogP contribution in [0.5, 0.6) is 0 Å². The van der Waals surface area contributed by atoms with Crippen LogP contribution in [0, 0.1) is 0 Å². The van der Waals surface area contributed by atoms with E-state index in [1.165, 1.54) is 0 Å². The highest BCUT2D eigenvalue weighted by Gasteiger charge is 2.17. The molecule has 0 aliphatic carbocycles. The predicted molar refractivity (Wildman–Crippen MR) is 99.0 cm³/mol. The van der Waals surface area contributed by atoms with Gasteiger partial charge in [0, 0.05) is 30.5 Å². The van der Waals surface area contributed by atoms with Gasteiger partial charge >= 0.3 is 6.03 Å². The van der Waals surface area contributed by atoms with E-state index >= 15 is 0 Å². The zero-order chi connectivity index (χ0) is 18.2. The number of hydrogen-bond acceptors (Lipinski definition) is 4. The Kier molecular flexibility index (Phi) is 7.06. The van der Waals surface area contributed by atoms with E-state index in [-0.39, 0.29) is 11.9 Å². The smallest absolute Gasteiger partial charge is 0.319 e. The summed E-state index contributed by atoms with van der Waals surface area (Å²) in [6.07, 6.45) is 0.846. The number of urea groups is 1. The maximum atomic E-state index is 12.1. The molecule has 1 saturated heterocycles. The van der Waals surface area contributed by atoms with Crippen molar-refractivity contribution in [3.8, 4) is 0 Å². The summed E-state index contributed by atoms with van der Waals surface area (Å²) < 4.78 is 5.36. The second kappa shape index (κ2) is 9.27. The Morgan fingerprint density at radius 2 is 1.92 bits per heavy atom. The molecule has 1 aromatic rings. The van der Waals surface area contributed by atoms with Gasteiger partial charge in [0.25, 0.3) is 0 Å². The molecule has 25 heavy (non-hydrogen) atoms. The Balaban J connectivity index is 1.88. The molecular formula is C18H28N4O3. The molecule has 0 aromatic heterocycles. The lowest BCUT2D eigenvalue weighted by Crippen LogP contribution is -2.48. The molecule has 1 heterocycles. The number of anilines is 2. The van der Waals surface area contributed by atoms with E-state index in [0.29, 0.717) is 18.9 Å². The molecule has 0 bridgehead atoms. The predicted octanol–water partition coefficient (Wildman–Crippen LogP) is 1.95. The summed E-state index contributed by atoms with van der Waals surface area (Å²) in [6, 6.07) is 6.76. The molecule has 2 rings (SSSR count). The van der Waals surface area contributed by atoms with Crippen LogP contribution < -0.4 is 20.9 Å². The van der Waals surface area contributed by atoms with Crippen LogP contribution in [0.3, 0.4) is 0 Å². The molecule has 3 N–H and O–H groups in total. The van der Waals surface area contributed by atoms with Crippen LogP contribution >= 0.6 is 0 Å². The van der Waals surface area contributed by atoms with Crippen molar-refractivity contribution in [2.75, 3.05) is 36.5 Å². The number of rotatable bonds is 6. The van der Waals surface area contributed by atoms with Crippen molar-refractivity contribution in [2.24, 2.45) is 0 Å². The van der Waals surface area contributed by atoms with Gasteiger partial charge in [0.1, 0.15) is 6.04 Å². The first-order valence-corrected chi connectivity index (χ1v) is 8.80. The zero-order valence-electron chi connectivity index (χ0n) is 15.2. The van der Waals surface area contributed by atoms with Gasteiger partial charge in [-0.1, -0.05) is 13.0 Å². The molecular weight excluding hydrogens is 320 g/mol. The third-order valence-corrected chi connectivity index (χ3v) is 4.22. The first-order chi connectivity index (χ1) is 12.0. The van der Waals surface area contributed by atoms with Crippen molar-refractivity contribution in [3.05, 3.63) is 24.3 Å². The Hall–Kier alpha value is -2.28. The molecule has 2 atom stereocenters. The molecule has 0 saturated carbocycles. The molecule has 1 aliphatic rings. The third-order valence-electron chi connectivity index (χ3n) is 4.22. The van der Waals surface area contributed by atoms with Crippen LogP contribution in [-0.4, -0.2) is 50.3 Å². The highest BCUT2D eigenvalue weighted by Crippen LogP contribution is 2.20. The number of ether oxygens (including phenoxy) is 1. The highest BCUT2D eigenvalue weighted by atomic mass is 16.5. The molecule has 0 radical (unpaired) electrons. The van der Waals surface area contributed by atoms with E-state index in [1.54, 1.807) is 6.92 Å². The Bertz CT molecular complexity index is 587. The molecule has 3 amide bonds. The normalized spacial score (nSPS) is 16.7. The summed E-state index contributed by atoms with van der Waals surface area (Å²) in [4.78, 5) is 26.3. The fourth-order valence-corrected chi connectivity index (χ4v) is 2.50. The van der Waals surface area contributed by atoms with Crippen LogP contribution in [0.1, 0.15) is 27.2 Å². The fourth-order valence-electron chi connectivity index (χ4n) is 2.50. The van der Waals surface area contributed by atoms with Gasteiger partial charge in [0.15, 0.2) is 0 Å². The lowest BCUT2D eigenvalue weighted by Gasteiger charge is -2.29. The quantitative estimate of drug-likeness (QED) is 0.734. The average Bonchev–Trinajstić information content (AvgIpc) is 2.62. The third kappa shape index (κ3) is 5.94. The summed E-state index contributed by atoms with van der Waals surface area (Å²) in [6.45, 7) is 8.69. The number of carbonyl (C=O) groups excluding carboxylic acids is 2. The molecule has 138 valence electrons. The summed E-state index contributed by atoms with van der Waals surface area (Å²) in [7, 11) is 0. The summed E-state index contributed by atoms with van der Waals surface area (Å²) in [5.41, 5.74) is 1.74. The first kappa shape index (κ1) is 19.1. The molecule has 1 aliphatic heterocycles. The largest absolute Gasteiger partial charge is 0.378 e. The van der Waals surface area contributed by atoms with Gasteiger partial charge < -0.3 is 25.6 Å². The molecule has 0 spiro atoms. The number of nitrogens with one attached hydrogen (secondary N) is 3. The number of nitrogens with zero attached hydrogens (tertiary/aromatic N) is 1. The Labute approximate surface area is 149 Å². The van der Waals surface area contributed by atoms with E-state index in [9.17, 15) is 9.59 Å². The van der Waals surface area contributed by atoms with Crippen molar-refractivity contribution in [3.63, 3.8) is 0 Å². The van der Waals surface area contributed by atoms with Gasteiger partial charge in [-0.2, -0.15) is 0 Å². The van der Waals surface area contributed by atoms with Crippen molar-refractivity contribution in [1.82, 2.24) is 10.6 Å². The molecule has 7 nitrogen and oxygen atoms in total. The fraction of sp³-hybridized carbons (Fsp3) is 0.556. The van der Waals surface area contributed by atoms with E-state index in [0.717, 1.165) is 25.2 Å². The van der Waals surface area contributed by atoms with Gasteiger partial charge in [-0.05, 0) is 38.5 Å². The van der Waals surface area contributed by atoms with Gasteiger partial charge in [-0.15, -0.1) is 0 Å². The highest BCUT2D eigenvalue weighted by molar-refractivity contribution is 5.93. The maximum Gasteiger partial charge on any atom is 0.319 e. The molecule has 1 fully saturated rings. The average molecular weight is 348 g/mol. The topological polar surface area (TPSA) is 82.7 Å². The van der Waals surface area contributed by atoms with Crippen LogP contribution in [-0.2, 0) is 9.53 Å². The standard InChI is InChI=1S/C18H28N4O3/c1-4-13(2)19-17(23)14(3)20-18(24)21-15-6-5-7-16(12-15)22-8-10-25-11-9-22/h5-7,12-14H,4,8-11H2,1-3H3,(H,19,23)(H2,20,21,24)/t13-,14-/m0/s1. The minimum Gasteiger partial charge on any atom is -0.378 e. The number of benzene rings is 1. The van der Waals surface area contributed by atoms with Crippen LogP contribution in [0.15, 0.2) is 24.3 Å². The minimum absolute atomic E-state index is 0.0880. The second-order valence-electron chi connectivity index (χ2n) is 6.29. The van der Waals surface area contributed by atoms with E-state index < -0.39 is 12.1 Å². The number of amides is 3. The SMILES string of the molecule is CC[C@H](C)NC(=O)[C@H](C)NC(=O)Nc1cccc(N2CCOCC2)c1. The number of hydrogen-bond donors (Lipinski definition) is 3. The molecule has 7 heteroatoms. The van der Waals surface area contributed by atoms with Crippen molar-refractivity contribution in [2.45, 2.75) is 39.3 Å². The van der Waals surface area contributed by atoms with E-state index in [2.05, 4.69) is 20.9 Å². The molecule has 0 unspecified atom stereocenters. The maximum absolute atomic E-state index is 12.1. The monoisotopic (exact) mass is 348 g/mol. The van der Waals surface area contributed by atoms with Gasteiger partial charge in [-0.3, -0.25) is 4.79 Å². The zero-order valence-corrected chi connectivity index (χ0v) is 15.2. The lowest BCUT2D eigenvalue weighted by molar-refractivity contribution is -0.123.